The first-order valence-corrected chi connectivity index (χ1v) is 11.3. The first-order valence-electron chi connectivity index (χ1n) is 10.6. The van der Waals surface area contributed by atoms with E-state index >= 15 is 0 Å². The van der Waals surface area contributed by atoms with Crippen LogP contribution in [0.4, 0.5) is 11.4 Å². The maximum atomic E-state index is 12.4. The standard InChI is InChI=1S/C23H26Cl2N6O2/c1-3-30(4-2)13-12-27-23(33)15-8-10-16(11-9-15)28-19-14-31(29-20(19)22(26)32)21-17(24)6-5-7-18(21)25/h5-11,14,28H,3-4,12-13H2,1-2H3,(H2,26,32)(H,27,33). The van der Waals surface area contributed by atoms with Gasteiger partial charge in [0.25, 0.3) is 11.8 Å². The van der Waals surface area contributed by atoms with Crippen molar-refractivity contribution in [3.8, 4) is 5.69 Å². The summed E-state index contributed by atoms with van der Waals surface area (Å²) < 4.78 is 1.41. The fourth-order valence-corrected chi connectivity index (χ4v) is 3.87. The van der Waals surface area contributed by atoms with Crippen LogP contribution in [-0.2, 0) is 0 Å². The number of primary amides is 1. The lowest BCUT2D eigenvalue weighted by atomic mass is 10.2. The maximum Gasteiger partial charge on any atom is 0.271 e. The average molecular weight is 489 g/mol. The summed E-state index contributed by atoms with van der Waals surface area (Å²) in [5, 5.41) is 11.0. The van der Waals surface area contributed by atoms with Gasteiger partial charge in [0, 0.05) is 24.3 Å². The minimum absolute atomic E-state index is 0.0317. The molecule has 3 aromatic rings. The van der Waals surface area contributed by atoms with Crippen LogP contribution in [0, 0.1) is 0 Å². The first-order chi connectivity index (χ1) is 15.8. The van der Waals surface area contributed by atoms with Gasteiger partial charge in [-0.1, -0.05) is 43.1 Å². The van der Waals surface area contributed by atoms with Crippen molar-refractivity contribution in [3.63, 3.8) is 0 Å². The van der Waals surface area contributed by atoms with Crippen molar-refractivity contribution in [1.29, 1.82) is 0 Å². The highest BCUT2D eigenvalue weighted by atomic mass is 35.5. The number of para-hydroxylation sites is 1. The van der Waals surface area contributed by atoms with Crippen LogP contribution in [0.25, 0.3) is 5.69 Å². The van der Waals surface area contributed by atoms with E-state index in [0.29, 0.717) is 39.2 Å². The number of nitrogens with one attached hydrogen (secondary N) is 2. The Hall–Kier alpha value is -3.07. The third-order valence-electron chi connectivity index (χ3n) is 5.15. The maximum absolute atomic E-state index is 12.4. The van der Waals surface area contributed by atoms with Crippen molar-refractivity contribution in [3.05, 3.63) is 70.0 Å². The zero-order chi connectivity index (χ0) is 24.0. The fourth-order valence-electron chi connectivity index (χ4n) is 3.30. The van der Waals surface area contributed by atoms with E-state index in [1.807, 2.05) is 0 Å². The van der Waals surface area contributed by atoms with Gasteiger partial charge in [0.05, 0.1) is 21.9 Å². The molecule has 0 unspecified atom stereocenters. The molecule has 0 aliphatic heterocycles. The summed E-state index contributed by atoms with van der Waals surface area (Å²) in [6.45, 7) is 7.44. The number of likely N-dealkylation sites (N-methyl/N-ethyl adjacent to an activating group) is 1. The lowest BCUT2D eigenvalue weighted by Crippen LogP contribution is -2.34. The fraction of sp³-hybridized carbons (Fsp3) is 0.261. The van der Waals surface area contributed by atoms with Gasteiger partial charge in [0.1, 0.15) is 5.69 Å². The predicted octanol–water partition coefficient (Wildman–Crippen LogP) is 4.09. The summed E-state index contributed by atoms with van der Waals surface area (Å²) >= 11 is 12.5. The van der Waals surface area contributed by atoms with E-state index in [1.54, 1.807) is 48.7 Å². The van der Waals surface area contributed by atoms with Crippen molar-refractivity contribution in [2.24, 2.45) is 5.73 Å². The Kier molecular flexibility index (Phi) is 8.32. The molecule has 2 aromatic carbocycles. The highest BCUT2D eigenvalue weighted by Crippen LogP contribution is 2.30. The second kappa shape index (κ2) is 11.2. The molecule has 1 aromatic heterocycles. The molecular formula is C23H26Cl2N6O2. The summed E-state index contributed by atoms with van der Waals surface area (Å²) in [7, 11) is 0. The zero-order valence-electron chi connectivity index (χ0n) is 18.4. The van der Waals surface area contributed by atoms with E-state index in [-0.39, 0.29) is 11.6 Å². The molecule has 174 valence electrons. The van der Waals surface area contributed by atoms with E-state index < -0.39 is 5.91 Å². The number of hydrogen-bond donors (Lipinski definition) is 3. The molecule has 0 atom stereocenters. The highest BCUT2D eigenvalue weighted by molar-refractivity contribution is 6.37. The van der Waals surface area contributed by atoms with Gasteiger partial charge in [-0.15, -0.1) is 0 Å². The van der Waals surface area contributed by atoms with Crippen LogP contribution < -0.4 is 16.4 Å². The normalized spacial score (nSPS) is 10.9. The Morgan fingerprint density at radius 2 is 1.70 bits per heavy atom. The molecule has 0 saturated carbocycles. The van der Waals surface area contributed by atoms with E-state index in [2.05, 4.69) is 34.5 Å². The van der Waals surface area contributed by atoms with Crippen molar-refractivity contribution < 1.29 is 9.59 Å². The van der Waals surface area contributed by atoms with Gasteiger partial charge in [-0.25, -0.2) is 4.68 Å². The van der Waals surface area contributed by atoms with Gasteiger partial charge in [-0.3, -0.25) is 9.59 Å². The van der Waals surface area contributed by atoms with Crippen molar-refractivity contribution in [1.82, 2.24) is 20.0 Å². The lowest BCUT2D eigenvalue weighted by Gasteiger charge is -2.18. The van der Waals surface area contributed by atoms with Crippen LogP contribution in [0.2, 0.25) is 10.0 Å². The first kappa shape index (κ1) is 24.6. The molecule has 0 aliphatic rings. The van der Waals surface area contributed by atoms with Gasteiger partial charge in [0.15, 0.2) is 5.69 Å². The number of carbonyl (C=O) groups is 2. The number of nitrogens with zero attached hydrogens (tertiary/aromatic N) is 3. The van der Waals surface area contributed by atoms with E-state index in [1.165, 1.54) is 4.68 Å². The molecule has 0 aliphatic carbocycles. The quantitative estimate of drug-likeness (QED) is 0.398. The Morgan fingerprint density at radius 3 is 2.27 bits per heavy atom. The van der Waals surface area contributed by atoms with Gasteiger partial charge < -0.3 is 21.3 Å². The topological polar surface area (TPSA) is 105 Å². The minimum Gasteiger partial charge on any atom is -0.364 e. The summed E-state index contributed by atoms with van der Waals surface area (Å²) in [5.74, 6) is -0.851. The molecule has 8 nitrogen and oxygen atoms in total. The second-order valence-corrected chi connectivity index (χ2v) is 8.07. The molecule has 1 heterocycles. The van der Waals surface area contributed by atoms with Crippen LogP contribution in [0.5, 0.6) is 0 Å². The van der Waals surface area contributed by atoms with Gasteiger partial charge >= 0.3 is 0 Å². The molecule has 0 spiro atoms. The molecule has 0 fully saturated rings. The third-order valence-corrected chi connectivity index (χ3v) is 5.76. The number of halogens is 2. The zero-order valence-corrected chi connectivity index (χ0v) is 20.0. The Bertz CT molecular complexity index is 1110. The van der Waals surface area contributed by atoms with Crippen molar-refractivity contribution >= 4 is 46.4 Å². The molecule has 3 rings (SSSR count). The van der Waals surface area contributed by atoms with Crippen LogP contribution in [-0.4, -0.2) is 52.7 Å². The number of aromatic nitrogens is 2. The summed E-state index contributed by atoms with van der Waals surface area (Å²) in [4.78, 5) is 26.6. The number of carbonyl (C=O) groups excluding carboxylic acids is 2. The molecule has 33 heavy (non-hydrogen) atoms. The van der Waals surface area contributed by atoms with Crippen molar-refractivity contribution in [2.45, 2.75) is 13.8 Å². The van der Waals surface area contributed by atoms with Crippen LogP contribution in [0.3, 0.4) is 0 Å². The predicted molar refractivity (Wildman–Crippen MR) is 132 cm³/mol. The summed E-state index contributed by atoms with van der Waals surface area (Å²) in [6, 6.07) is 11.9. The summed E-state index contributed by atoms with van der Waals surface area (Å²) in [6.07, 6.45) is 1.58. The van der Waals surface area contributed by atoms with Gasteiger partial charge in [-0.05, 0) is 49.5 Å². The lowest BCUT2D eigenvalue weighted by molar-refractivity contribution is 0.0947. The Balaban J connectivity index is 1.74. The highest BCUT2D eigenvalue weighted by Gasteiger charge is 2.18. The molecule has 0 radical (unpaired) electrons. The number of hydrogen-bond acceptors (Lipinski definition) is 5. The molecule has 0 saturated heterocycles. The monoisotopic (exact) mass is 488 g/mol. The average Bonchev–Trinajstić information content (AvgIpc) is 3.20. The van der Waals surface area contributed by atoms with Crippen LogP contribution in [0.15, 0.2) is 48.7 Å². The third kappa shape index (κ3) is 6.04. The number of benzene rings is 2. The summed E-state index contributed by atoms with van der Waals surface area (Å²) in [5.41, 5.74) is 7.55. The van der Waals surface area contributed by atoms with E-state index in [0.717, 1.165) is 19.6 Å². The Morgan fingerprint density at radius 1 is 1.06 bits per heavy atom. The van der Waals surface area contributed by atoms with E-state index in [9.17, 15) is 9.59 Å². The number of amides is 2. The van der Waals surface area contributed by atoms with Crippen molar-refractivity contribution in [2.75, 3.05) is 31.5 Å². The van der Waals surface area contributed by atoms with Gasteiger partial charge in [-0.2, -0.15) is 5.10 Å². The SMILES string of the molecule is CCN(CC)CCNC(=O)c1ccc(Nc2cn(-c3c(Cl)cccc3Cl)nc2C(N)=O)cc1. The minimum atomic E-state index is -0.705. The number of rotatable bonds is 10. The molecule has 2 amide bonds. The van der Waals surface area contributed by atoms with Crippen LogP contribution >= 0.6 is 23.2 Å². The number of anilines is 2. The number of nitrogens with two attached hydrogens (primary N) is 1. The Labute approximate surface area is 202 Å². The van der Waals surface area contributed by atoms with Crippen LogP contribution in [0.1, 0.15) is 34.7 Å². The van der Waals surface area contributed by atoms with Gasteiger partial charge in [0.2, 0.25) is 0 Å². The molecular weight excluding hydrogens is 463 g/mol. The molecule has 10 heteroatoms. The molecule has 4 N–H and O–H groups in total. The molecule has 0 bridgehead atoms. The smallest absolute Gasteiger partial charge is 0.271 e. The van der Waals surface area contributed by atoms with E-state index in [4.69, 9.17) is 28.9 Å². The second-order valence-electron chi connectivity index (χ2n) is 7.26. The largest absolute Gasteiger partial charge is 0.364 e.